The van der Waals surface area contributed by atoms with E-state index < -0.39 is 4.33 Å². The minimum absolute atomic E-state index is 0.537. The molecule has 0 atom stereocenters. The highest BCUT2D eigenvalue weighted by atomic mass is 35.5. The van der Waals surface area contributed by atoms with Crippen LogP contribution in [0.2, 0.25) is 0 Å². The van der Waals surface area contributed by atoms with Gasteiger partial charge in [-0.15, -0.1) is 11.6 Å². The molecule has 0 aliphatic carbocycles. The number of halogens is 3. The number of nitrogens with zero attached hydrogens (tertiary/aromatic N) is 1. The van der Waals surface area contributed by atoms with E-state index in [9.17, 15) is 0 Å². The second-order valence-electron chi connectivity index (χ2n) is 2.67. The van der Waals surface area contributed by atoms with Gasteiger partial charge in [0, 0.05) is 5.88 Å². The van der Waals surface area contributed by atoms with Crippen molar-refractivity contribution in [3.05, 3.63) is 0 Å². The Bertz CT molecular complexity index is 151. The van der Waals surface area contributed by atoms with E-state index >= 15 is 0 Å². The highest BCUT2D eigenvalue weighted by Gasteiger charge is 2.21. The van der Waals surface area contributed by atoms with Gasteiger partial charge in [0.25, 0.3) is 0 Å². The van der Waals surface area contributed by atoms with Crippen molar-refractivity contribution in [2.24, 2.45) is 0 Å². The lowest BCUT2D eigenvalue weighted by Crippen LogP contribution is -2.08. The summed E-state index contributed by atoms with van der Waals surface area (Å²) >= 11 is 16.7. The first-order valence-electron chi connectivity index (χ1n) is 3.97. The molecule has 0 bridgehead atoms. The first kappa shape index (κ1) is 12.4. The van der Waals surface area contributed by atoms with Crippen molar-refractivity contribution < 1.29 is 0 Å². The zero-order valence-electron chi connectivity index (χ0n) is 6.82. The smallest absolute Gasteiger partial charge is 0.195 e. The summed E-state index contributed by atoms with van der Waals surface area (Å²) in [5.74, 6) is 0.700. The lowest BCUT2D eigenvalue weighted by molar-refractivity contribution is 0.630. The molecule has 70 valence electrons. The Balaban J connectivity index is 3.27. The summed E-state index contributed by atoms with van der Waals surface area (Å²) in [6.07, 6.45) is 4.56. The average molecular weight is 229 g/mol. The van der Waals surface area contributed by atoms with Crippen LogP contribution in [0.3, 0.4) is 0 Å². The SMILES string of the molecule is N#CC(Cl)(Cl)CCCCCCCl. The molecule has 0 aromatic heterocycles. The molecule has 1 nitrogen and oxygen atoms in total. The van der Waals surface area contributed by atoms with Crippen LogP contribution in [0.25, 0.3) is 0 Å². The number of hydrogen-bond acceptors (Lipinski definition) is 1. The highest BCUT2D eigenvalue weighted by molar-refractivity contribution is 6.50. The van der Waals surface area contributed by atoms with Gasteiger partial charge >= 0.3 is 0 Å². The molecule has 0 aromatic carbocycles. The van der Waals surface area contributed by atoms with Crippen LogP contribution in [-0.2, 0) is 0 Å². The summed E-state index contributed by atoms with van der Waals surface area (Å²) in [4.78, 5) is 0. The molecule has 0 unspecified atom stereocenters. The zero-order chi connectivity index (χ0) is 9.45. The molecule has 0 radical (unpaired) electrons. The van der Waals surface area contributed by atoms with Crippen LogP contribution in [0.15, 0.2) is 0 Å². The second-order valence-corrected chi connectivity index (χ2v) is 4.53. The van der Waals surface area contributed by atoms with E-state index in [1.165, 1.54) is 0 Å². The van der Waals surface area contributed by atoms with Crippen LogP contribution in [0.1, 0.15) is 32.1 Å². The fraction of sp³-hybridized carbons (Fsp3) is 0.875. The maximum Gasteiger partial charge on any atom is 0.203 e. The Labute approximate surface area is 88.6 Å². The number of nitriles is 1. The number of alkyl halides is 3. The molecule has 0 spiro atoms. The number of rotatable bonds is 6. The van der Waals surface area contributed by atoms with Crippen LogP contribution >= 0.6 is 34.8 Å². The first-order valence-corrected chi connectivity index (χ1v) is 5.26. The lowest BCUT2D eigenvalue weighted by atomic mass is 10.1. The Hall–Kier alpha value is 0.360. The van der Waals surface area contributed by atoms with Gasteiger partial charge in [0.15, 0.2) is 0 Å². The monoisotopic (exact) mass is 227 g/mol. The second kappa shape index (κ2) is 6.83. The maximum atomic E-state index is 8.46. The predicted molar refractivity (Wildman–Crippen MR) is 53.9 cm³/mol. The average Bonchev–Trinajstić information content (AvgIpc) is 2.04. The Morgan fingerprint density at radius 1 is 1.08 bits per heavy atom. The summed E-state index contributed by atoms with van der Waals surface area (Å²) in [5.41, 5.74) is 0. The van der Waals surface area contributed by atoms with Gasteiger partial charge in [0.2, 0.25) is 4.33 Å². The minimum Gasteiger partial charge on any atom is -0.195 e. The van der Waals surface area contributed by atoms with Crippen molar-refractivity contribution in [2.45, 2.75) is 36.4 Å². The largest absolute Gasteiger partial charge is 0.203 e. The molecule has 0 rings (SSSR count). The first-order chi connectivity index (χ1) is 5.62. The molecule has 0 aromatic rings. The normalized spacial score (nSPS) is 11.2. The third-order valence-electron chi connectivity index (χ3n) is 1.54. The van der Waals surface area contributed by atoms with Gasteiger partial charge < -0.3 is 0 Å². The molecule has 0 fully saturated rings. The van der Waals surface area contributed by atoms with Crippen molar-refractivity contribution >= 4 is 34.8 Å². The molecule has 0 amide bonds. The predicted octanol–water partition coefficient (Wildman–Crippen LogP) is 3.87. The quantitative estimate of drug-likeness (QED) is 0.500. The van der Waals surface area contributed by atoms with E-state index in [2.05, 4.69) is 0 Å². The van der Waals surface area contributed by atoms with E-state index in [0.717, 1.165) is 25.7 Å². The van der Waals surface area contributed by atoms with Crippen LogP contribution in [0, 0.1) is 11.3 Å². The summed E-state index contributed by atoms with van der Waals surface area (Å²) in [6, 6.07) is 1.84. The van der Waals surface area contributed by atoms with Gasteiger partial charge in [-0.25, -0.2) is 0 Å². The van der Waals surface area contributed by atoms with Gasteiger partial charge in [-0.3, -0.25) is 0 Å². The van der Waals surface area contributed by atoms with E-state index in [1.54, 1.807) is 0 Å². The van der Waals surface area contributed by atoms with E-state index in [1.807, 2.05) is 6.07 Å². The molecule has 4 heteroatoms. The van der Waals surface area contributed by atoms with Crippen molar-refractivity contribution in [1.29, 1.82) is 5.26 Å². The van der Waals surface area contributed by atoms with Crippen molar-refractivity contribution in [1.82, 2.24) is 0 Å². The third kappa shape index (κ3) is 7.03. The molecule has 0 saturated heterocycles. The van der Waals surface area contributed by atoms with Gasteiger partial charge in [-0.05, 0) is 19.3 Å². The van der Waals surface area contributed by atoms with Crippen LogP contribution in [-0.4, -0.2) is 10.2 Å². The lowest BCUT2D eigenvalue weighted by Gasteiger charge is -2.08. The summed E-state index contributed by atoms with van der Waals surface area (Å²) in [6.45, 7) is 0. The number of unbranched alkanes of at least 4 members (excludes halogenated alkanes) is 3. The summed E-state index contributed by atoms with van der Waals surface area (Å²) in [5, 5.41) is 8.46. The fourth-order valence-electron chi connectivity index (χ4n) is 0.851. The molecule has 0 aliphatic rings. The summed E-state index contributed by atoms with van der Waals surface area (Å²) < 4.78 is -1.19. The van der Waals surface area contributed by atoms with E-state index in [-0.39, 0.29) is 0 Å². The molecule has 0 heterocycles. The van der Waals surface area contributed by atoms with Crippen LogP contribution < -0.4 is 0 Å². The molecular weight excluding hydrogens is 216 g/mol. The Morgan fingerprint density at radius 2 is 1.67 bits per heavy atom. The maximum absolute atomic E-state index is 8.46. The molecule has 12 heavy (non-hydrogen) atoms. The van der Waals surface area contributed by atoms with E-state index in [4.69, 9.17) is 40.1 Å². The third-order valence-corrected chi connectivity index (χ3v) is 2.35. The topological polar surface area (TPSA) is 23.8 Å². The van der Waals surface area contributed by atoms with Crippen molar-refractivity contribution in [3.8, 4) is 6.07 Å². The van der Waals surface area contributed by atoms with Crippen molar-refractivity contribution in [3.63, 3.8) is 0 Å². The standard InChI is InChI=1S/C8H12Cl3N/c9-6-4-2-1-3-5-8(10,11)7-12/h1-6H2. The molecular formula is C8H12Cl3N. The Morgan fingerprint density at radius 3 is 2.17 bits per heavy atom. The van der Waals surface area contributed by atoms with Crippen LogP contribution in [0.4, 0.5) is 0 Å². The Kier molecular flexibility index (Phi) is 7.04. The van der Waals surface area contributed by atoms with Gasteiger partial charge in [-0.2, -0.15) is 5.26 Å². The summed E-state index contributed by atoms with van der Waals surface area (Å²) in [7, 11) is 0. The van der Waals surface area contributed by atoms with Gasteiger partial charge in [0.05, 0.1) is 0 Å². The van der Waals surface area contributed by atoms with Gasteiger partial charge in [-0.1, -0.05) is 36.0 Å². The van der Waals surface area contributed by atoms with Crippen molar-refractivity contribution in [2.75, 3.05) is 5.88 Å². The molecule has 0 aliphatic heterocycles. The molecule has 0 N–H and O–H groups in total. The van der Waals surface area contributed by atoms with Crippen LogP contribution in [0.5, 0.6) is 0 Å². The molecule has 0 saturated carbocycles. The van der Waals surface area contributed by atoms with E-state index in [0.29, 0.717) is 12.3 Å². The fourth-order valence-corrected chi connectivity index (χ4v) is 1.31. The van der Waals surface area contributed by atoms with Gasteiger partial charge in [0.1, 0.15) is 6.07 Å². The number of hydrogen-bond donors (Lipinski definition) is 0. The minimum atomic E-state index is -1.19. The zero-order valence-corrected chi connectivity index (χ0v) is 9.09. The highest BCUT2D eigenvalue weighted by Crippen LogP contribution is 2.26.